The fourth-order valence-electron chi connectivity index (χ4n) is 3.01. The second-order valence-corrected chi connectivity index (χ2v) is 9.58. The standard InChI is InChI=1S/C21H36N2O8S/c1-5-14(25)10-15(26)11-17-30-12-21(3,4)18(31-17)19(28)23-7-6-16(27)22-8-9-32-20(29)13(2)24/h14-15,17-18,25-26H,5-12H2,1-4H3,(H,22,27)(H,23,28)/t14?,15?,17?,18-/m0/s1. The number of Topliss-reactive ketones (excluding diaryl/α,β-unsaturated/α-hetero) is 1. The van der Waals surface area contributed by atoms with Gasteiger partial charge in [0.05, 0.1) is 18.8 Å². The lowest BCUT2D eigenvalue weighted by atomic mass is 9.85. The molecule has 0 aromatic rings. The van der Waals surface area contributed by atoms with Crippen LogP contribution in [0.4, 0.5) is 0 Å². The highest BCUT2D eigenvalue weighted by atomic mass is 32.2. The van der Waals surface area contributed by atoms with E-state index in [9.17, 15) is 29.4 Å². The largest absolute Gasteiger partial charge is 0.393 e. The molecular weight excluding hydrogens is 440 g/mol. The van der Waals surface area contributed by atoms with E-state index in [1.807, 2.05) is 20.8 Å². The van der Waals surface area contributed by atoms with Crippen LogP contribution >= 0.6 is 11.8 Å². The molecule has 1 fully saturated rings. The molecule has 1 aliphatic rings. The van der Waals surface area contributed by atoms with Gasteiger partial charge in [0.1, 0.15) is 6.10 Å². The highest BCUT2D eigenvalue weighted by Gasteiger charge is 2.43. The lowest BCUT2D eigenvalue weighted by molar-refractivity contribution is -0.261. The molecule has 1 saturated heterocycles. The number of ether oxygens (including phenoxy) is 2. The van der Waals surface area contributed by atoms with Gasteiger partial charge in [-0.3, -0.25) is 19.2 Å². The third-order valence-electron chi connectivity index (χ3n) is 4.95. The first-order valence-corrected chi connectivity index (χ1v) is 11.8. The number of rotatable bonds is 13. The van der Waals surface area contributed by atoms with Gasteiger partial charge in [-0.15, -0.1) is 0 Å². The quantitative estimate of drug-likeness (QED) is 0.215. The van der Waals surface area contributed by atoms with Gasteiger partial charge in [0.2, 0.25) is 17.6 Å². The number of carbonyl (C=O) groups excluding carboxylic acids is 4. The summed E-state index contributed by atoms with van der Waals surface area (Å²) in [6.07, 6.45) is -2.07. The van der Waals surface area contributed by atoms with Gasteiger partial charge in [0.25, 0.3) is 5.12 Å². The summed E-state index contributed by atoms with van der Waals surface area (Å²) in [6.45, 7) is 7.29. The molecule has 0 aromatic heterocycles. The number of hydrogen-bond acceptors (Lipinski definition) is 9. The van der Waals surface area contributed by atoms with Crippen LogP contribution in [0, 0.1) is 5.41 Å². The first kappa shape index (κ1) is 28.5. The molecule has 32 heavy (non-hydrogen) atoms. The van der Waals surface area contributed by atoms with E-state index in [2.05, 4.69) is 10.6 Å². The molecule has 2 amide bonds. The maximum absolute atomic E-state index is 12.7. The molecule has 4 atom stereocenters. The summed E-state index contributed by atoms with van der Waals surface area (Å²) in [7, 11) is 0. The van der Waals surface area contributed by atoms with E-state index in [-0.39, 0.29) is 50.8 Å². The molecule has 0 spiro atoms. The third kappa shape index (κ3) is 10.4. The van der Waals surface area contributed by atoms with Crippen molar-refractivity contribution in [3.8, 4) is 0 Å². The predicted octanol–water partition coefficient (Wildman–Crippen LogP) is 0.137. The van der Waals surface area contributed by atoms with Crippen LogP contribution in [0.1, 0.15) is 53.4 Å². The van der Waals surface area contributed by atoms with Gasteiger partial charge in [-0.25, -0.2) is 0 Å². The van der Waals surface area contributed by atoms with Crippen molar-refractivity contribution in [1.29, 1.82) is 0 Å². The molecule has 11 heteroatoms. The summed E-state index contributed by atoms with van der Waals surface area (Å²) in [5, 5.41) is 24.5. The van der Waals surface area contributed by atoms with Crippen molar-refractivity contribution in [2.45, 2.75) is 78.0 Å². The van der Waals surface area contributed by atoms with Gasteiger partial charge >= 0.3 is 0 Å². The van der Waals surface area contributed by atoms with Crippen molar-refractivity contribution in [2.75, 3.05) is 25.4 Å². The molecule has 184 valence electrons. The van der Waals surface area contributed by atoms with Crippen molar-refractivity contribution < 1.29 is 38.9 Å². The van der Waals surface area contributed by atoms with E-state index >= 15 is 0 Å². The second kappa shape index (κ2) is 13.9. The van der Waals surface area contributed by atoms with Crippen LogP contribution in [-0.2, 0) is 28.7 Å². The van der Waals surface area contributed by atoms with Crippen LogP contribution in [0.5, 0.6) is 0 Å². The molecule has 0 aromatic carbocycles. The molecule has 3 unspecified atom stereocenters. The average molecular weight is 477 g/mol. The summed E-state index contributed by atoms with van der Waals surface area (Å²) >= 11 is 0.849. The number of aliphatic hydroxyl groups excluding tert-OH is 2. The summed E-state index contributed by atoms with van der Waals surface area (Å²) in [6, 6.07) is 0. The number of aliphatic hydroxyl groups is 2. The monoisotopic (exact) mass is 476 g/mol. The van der Waals surface area contributed by atoms with Gasteiger partial charge < -0.3 is 30.3 Å². The summed E-state index contributed by atoms with van der Waals surface area (Å²) in [5.41, 5.74) is -0.600. The molecule has 0 radical (unpaired) electrons. The van der Waals surface area contributed by atoms with Gasteiger partial charge in [-0.05, 0) is 12.8 Å². The Balaban J connectivity index is 2.39. The number of carbonyl (C=O) groups is 4. The second-order valence-electron chi connectivity index (χ2n) is 8.52. The first-order valence-electron chi connectivity index (χ1n) is 10.8. The predicted molar refractivity (Wildman–Crippen MR) is 119 cm³/mol. The van der Waals surface area contributed by atoms with Crippen LogP contribution < -0.4 is 10.6 Å². The van der Waals surface area contributed by atoms with E-state index in [1.54, 1.807) is 0 Å². The van der Waals surface area contributed by atoms with Gasteiger partial charge in [-0.2, -0.15) is 0 Å². The first-order chi connectivity index (χ1) is 15.0. The molecule has 4 N–H and O–H groups in total. The van der Waals surface area contributed by atoms with Crippen LogP contribution in [0.3, 0.4) is 0 Å². The van der Waals surface area contributed by atoms with E-state index in [0.29, 0.717) is 12.2 Å². The van der Waals surface area contributed by atoms with E-state index in [4.69, 9.17) is 9.47 Å². The Hall–Kier alpha value is -1.53. The molecule has 0 aliphatic carbocycles. The Morgan fingerprint density at radius 1 is 1.12 bits per heavy atom. The molecule has 0 bridgehead atoms. The van der Waals surface area contributed by atoms with E-state index in [0.717, 1.165) is 11.8 Å². The zero-order valence-corrected chi connectivity index (χ0v) is 20.0. The minimum absolute atomic E-state index is 0.0533. The van der Waals surface area contributed by atoms with Crippen LogP contribution in [0.2, 0.25) is 0 Å². The van der Waals surface area contributed by atoms with Crippen LogP contribution in [-0.4, -0.2) is 83.0 Å². The van der Waals surface area contributed by atoms with Crippen molar-refractivity contribution >= 4 is 34.5 Å². The fourth-order valence-corrected chi connectivity index (χ4v) is 3.61. The fraction of sp³-hybridized carbons (Fsp3) is 0.810. The molecule has 10 nitrogen and oxygen atoms in total. The molecule has 1 aliphatic heterocycles. The number of hydrogen-bond donors (Lipinski definition) is 4. The minimum Gasteiger partial charge on any atom is -0.393 e. The topological polar surface area (TPSA) is 151 Å². The average Bonchev–Trinajstić information content (AvgIpc) is 2.71. The van der Waals surface area contributed by atoms with Crippen molar-refractivity contribution in [3.05, 3.63) is 0 Å². The Labute approximate surface area is 193 Å². The normalized spacial score (nSPS) is 21.9. The molecule has 1 rings (SSSR count). The molecule has 1 heterocycles. The van der Waals surface area contributed by atoms with Crippen molar-refractivity contribution in [2.24, 2.45) is 5.41 Å². The highest BCUT2D eigenvalue weighted by Crippen LogP contribution is 2.32. The zero-order valence-electron chi connectivity index (χ0n) is 19.2. The summed E-state index contributed by atoms with van der Waals surface area (Å²) < 4.78 is 11.4. The van der Waals surface area contributed by atoms with E-state index in [1.165, 1.54) is 6.92 Å². The SMILES string of the molecule is CCC(O)CC(O)CC1OCC(C)(C)[C@H](C(=O)NCCC(=O)NCCSC(=O)C(C)=O)O1. The number of thioether (sulfide) groups is 1. The lowest BCUT2D eigenvalue weighted by Crippen LogP contribution is -2.54. The summed E-state index contributed by atoms with van der Waals surface area (Å²) in [5.74, 6) is -0.897. The molecule has 0 saturated carbocycles. The highest BCUT2D eigenvalue weighted by molar-refractivity contribution is 8.15. The Morgan fingerprint density at radius 3 is 2.44 bits per heavy atom. The van der Waals surface area contributed by atoms with Gasteiger partial charge in [-0.1, -0.05) is 32.5 Å². The minimum atomic E-state index is -0.818. The number of ketones is 1. The lowest BCUT2D eigenvalue weighted by Gasteiger charge is -2.41. The Kier molecular flexibility index (Phi) is 12.4. The number of nitrogens with one attached hydrogen (secondary N) is 2. The van der Waals surface area contributed by atoms with Gasteiger partial charge in [0, 0.05) is 44.0 Å². The van der Waals surface area contributed by atoms with E-state index < -0.39 is 40.9 Å². The van der Waals surface area contributed by atoms with Gasteiger partial charge in [0.15, 0.2) is 6.29 Å². The van der Waals surface area contributed by atoms with Crippen molar-refractivity contribution in [1.82, 2.24) is 10.6 Å². The zero-order chi connectivity index (χ0) is 24.3. The Morgan fingerprint density at radius 2 is 1.81 bits per heavy atom. The number of amides is 2. The third-order valence-corrected chi connectivity index (χ3v) is 5.91. The van der Waals surface area contributed by atoms with Crippen LogP contribution in [0.25, 0.3) is 0 Å². The maximum atomic E-state index is 12.7. The Bertz CT molecular complexity index is 658. The maximum Gasteiger partial charge on any atom is 0.254 e. The van der Waals surface area contributed by atoms with Crippen LogP contribution in [0.15, 0.2) is 0 Å². The smallest absolute Gasteiger partial charge is 0.254 e. The molecular formula is C21H36N2O8S. The van der Waals surface area contributed by atoms with Crippen molar-refractivity contribution in [3.63, 3.8) is 0 Å². The summed E-state index contributed by atoms with van der Waals surface area (Å²) in [4.78, 5) is 46.6.